The maximum atomic E-state index is 14.1. The highest BCUT2D eigenvalue weighted by Crippen LogP contribution is 2.41. The molecule has 5 aromatic rings. The molecule has 2 aliphatic rings. The molecule has 1 amide bonds. The van der Waals surface area contributed by atoms with Gasteiger partial charge in [0.25, 0.3) is 11.5 Å². The summed E-state index contributed by atoms with van der Waals surface area (Å²) >= 11 is 6.51. The lowest BCUT2D eigenvalue weighted by molar-refractivity contribution is 0.0780. The number of carbonyl (C=O) groups is 1. The van der Waals surface area contributed by atoms with E-state index < -0.39 is 6.04 Å². The number of nitrogens with zero attached hydrogens (tertiary/aromatic N) is 8. The second kappa shape index (κ2) is 11.4. The van der Waals surface area contributed by atoms with E-state index in [9.17, 15) is 9.59 Å². The number of pyridine rings is 1. The molecule has 5 heterocycles. The van der Waals surface area contributed by atoms with Crippen molar-refractivity contribution >= 4 is 46.0 Å². The summed E-state index contributed by atoms with van der Waals surface area (Å²) in [6.45, 7) is 1.38. The predicted molar refractivity (Wildman–Crippen MR) is 172 cm³/mol. The molecule has 1 saturated heterocycles. The van der Waals surface area contributed by atoms with Gasteiger partial charge >= 0.3 is 0 Å². The summed E-state index contributed by atoms with van der Waals surface area (Å²) in [5.74, 6) is 1.97. The molecular weight excluding hydrogens is 594 g/mol. The largest absolute Gasteiger partial charge is 0.497 e. The number of hydrogen-bond acceptors (Lipinski definition) is 10. The van der Waals surface area contributed by atoms with Crippen LogP contribution in [0.4, 0.5) is 17.6 Å². The zero-order valence-electron chi connectivity index (χ0n) is 24.7. The molecule has 45 heavy (non-hydrogen) atoms. The van der Waals surface area contributed by atoms with E-state index >= 15 is 0 Å². The summed E-state index contributed by atoms with van der Waals surface area (Å²) in [5.41, 5.74) is 8.45. The van der Waals surface area contributed by atoms with Crippen molar-refractivity contribution in [2.45, 2.75) is 25.4 Å². The van der Waals surface area contributed by atoms with Crippen LogP contribution in [0.1, 0.15) is 40.6 Å². The highest BCUT2D eigenvalue weighted by atomic mass is 35.5. The number of rotatable bonds is 6. The minimum absolute atomic E-state index is 0.0504. The lowest BCUT2D eigenvalue weighted by atomic mass is 10.1. The average molecular weight is 624 g/mol. The van der Waals surface area contributed by atoms with Gasteiger partial charge in [0.1, 0.15) is 23.0 Å². The number of nitrogens with two attached hydrogens (primary N) is 1. The van der Waals surface area contributed by atoms with E-state index in [-0.39, 0.29) is 17.4 Å². The van der Waals surface area contributed by atoms with Crippen LogP contribution in [-0.2, 0) is 6.54 Å². The smallest absolute Gasteiger partial charge is 0.267 e. The van der Waals surface area contributed by atoms with Crippen molar-refractivity contribution < 1.29 is 9.53 Å². The minimum Gasteiger partial charge on any atom is -0.497 e. The molecular formula is C32H30ClN9O3. The molecule has 0 saturated carbocycles. The number of nitrogen functional groups attached to an aromatic ring is 1. The standard InChI is InChI=1S/C32H30ClN9O3/c1-39-18-40(17-19-10-12-21(45-2)13-11-19)28-26(30(39)43)29(38-32(34)37-28)41-15-5-9-24(41)27-36-23-8-3-7-22(33)25(23)31(44)42(27)20-6-4-14-35-16-20/h3-4,6-8,10-14,16,24H,5,9,15,17-18H2,1-2H3,(H2,34,37,38). The van der Waals surface area contributed by atoms with Crippen molar-refractivity contribution in [2.75, 3.05) is 42.9 Å². The van der Waals surface area contributed by atoms with E-state index in [1.54, 1.807) is 60.3 Å². The van der Waals surface area contributed by atoms with Crippen LogP contribution in [0.15, 0.2) is 71.8 Å². The minimum atomic E-state index is -0.408. The number of hydrogen-bond donors (Lipinski definition) is 1. The maximum Gasteiger partial charge on any atom is 0.267 e. The third kappa shape index (κ3) is 4.96. The van der Waals surface area contributed by atoms with Crippen LogP contribution < -0.4 is 25.8 Å². The molecule has 0 bridgehead atoms. The van der Waals surface area contributed by atoms with Gasteiger partial charge in [-0.2, -0.15) is 9.97 Å². The molecule has 12 nitrogen and oxygen atoms in total. The van der Waals surface area contributed by atoms with Gasteiger partial charge in [-0.05, 0) is 54.8 Å². The first-order valence-electron chi connectivity index (χ1n) is 14.5. The first kappa shape index (κ1) is 28.5. The van der Waals surface area contributed by atoms with E-state index in [1.807, 2.05) is 40.1 Å². The summed E-state index contributed by atoms with van der Waals surface area (Å²) < 4.78 is 6.87. The Bertz CT molecular complexity index is 1990. The van der Waals surface area contributed by atoms with Gasteiger partial charge in [-0.15, -0.1) is 0 Å². The Morgan fingerprint density at radius 3 is 2.58 bits per heavy atom. The van der Waals surface area contributed by atoms with E-state index in [0.717, 1.165) is 17.7 Å². The SMILES string of the molecule is COc1ccc(CN2CN(C)C(=O)c3c2nc(N)nc3N2CCCC2c2nc3cccc(Cl)c3c(=O)n2-c2cccnc2)cc1. The monoisotopic (exact) mass is 623 g/mol. The third-order valence-electron chi connectivity index (χ3n) is 8.26. The molecule has 7 rings (SSSR count). The number of amides is 1. The van der Waals surface area contributed by atoms with Crippen LogP contribution in [0.3, 0.4) is 0 Å². The van der Waals surface area contributed by atoms with Gasteiger partial charge in [0.15, 0.2) is 5.82 Å². The van der Waals surface area contributed by atoms with E-state index in [4.69, 9.17) is 27.1 Å². The Hall–Kier alpha value is -5.23. The number of carbonyl (C=O) groups excluding carboxylic acids is 1. The molecule has 1 unspecified atom stereocenters. The Balaban J connectivity index is 1.37. The van der Waals surface area contributed by atoms with Crippen molar-refractivity contribution in [1.29, 1.82) is 0 Å². The Kier molecular flexibility index (Phi) is 7.20. The predicted octanol–water partition coefficient (Wildman–Crippen LogP) is 4.21. The van der Waals surface area contributed by atoms with Crippen LogP contribution in [0, 0.1) is 0 Å². The van der Waals surface area contributed by atoms with E-state index in [1.165, 1.54) is 0 Å². The van der Waals surface area contributed by atoms with Crippen molar-refractivity contribution in [3.8, 4) is 11.4 Å². The second-order valence-corrected chi connectivity index (χ2v) is 11.5. The normalized spacial score (nSPS) is 16.4. The van der Waals surface area contributed by atoms with Crippen LogP contribution in [0.2, 0.25) is 5.02 Å². The molecule has 1 atom stereocenters. The average Bonchev–Trinajstić information content (AvgIpc) is 3.54. The molecule has 0 spiro atoms. The van der Waals surface area contributed by atoms with Gasteiger partial charge in [-0.25, -0.2) is 4.98 Å². The van der Waals surface area contributed by atoms with Gasteiger partial charge in [-0.3, -0.25) is 19.1 Å². The topological polar surface area (TPSA) is 136 Å². The summed E-state index contributed by atoms with van der Waals surface area (Å²) in [6, 6.07) is 16.1. The summed E-state index contributed by atoms with van der Waals surface area (Å²) in [6.07, 6.45) is 4.71. The summed E-state index contributed by atoms with van der Waals surface area (Å²) in [5, 5.41) is 0.645. The molecule has 13 heteroatoms. The number of methoxy groups -OCH3 is 1. The fourth-order valence-electron chi connectivity index (χ4n) is 6.19. The van der Waals surface area contributed by atoms with Crippen molar-refractivity contribution in [3.63, 3.8) is 0 Å². The van der Waals surface area contributed by atoms with Crippen LogP contribution in [0.5, 0.6) is 5.75 Å². The maximum absolute atomic E-state index is 14.1. The lowest BCUT2D eigenvalue weighted by Crippen LogP contribution is -2.46. The molecule has 2 N–H and O–H groups in total. The highest BCUT2D eigenvalue weighted by molar-refractivity contribution is 6.35. The third-order valence-corrected chi connectivity index (χ3v) is 8.58. The van der Waals surface area contributed by atoms with Gasteiger partial charge in [0.2, 0.25) is 5.95 Å². The van der Waals surface area contributed by atoms with Crippen molar-refractivity contribution in [2.24, 2.45) is 0 Å². The Morgan fingerprint density at radius 2 is 1.82 bits per heavy atom. The zero-order valence-corrected chi connectivity index (χ0v) is 25.5. The first-order chi connectivity index (χ1) is 21.8. The van der Waals surface area contributed by atoms with Crippen molar-refractivity contribution in [3.05, 3.63) is 99.3 Å². The van der Waals surface area contributed by atoms with Gasteiger partial charge in [-0.1, -0.05) is 29.8 Å². The second-order valence-electron chi connectivity index (χ2n) is 11.1. The first-order valence-corrected chi connectivity index (χ1v) is 14.9. The van der Waals surface area contributed by atoms with Crippen LogP contribution in [-0.4, -0.2) is 62.7 Å². The number of anilines is 3. The number of ether oxygens (including phenoxy) is 1. The summed E-state index contributed by atoms with van der Waals surface area (Å²) in [4.78, 5) is 52.0. The molecule has 0 aliphatic carbocycles. The molecule has 0 radical (unpaired) electrons. The van der Waals surface area contributed by atoms with E-state index in [2.05, 4.69) is 15.0 Å². The Morgan fingerprint density at radius 1 is 1.02 bits per heavy atom. The fourth-order valence-corrected chi connectivity index (χ4v) is 6.44. The quantitative estimate of drug-likeness (QED) is 0.293. The van der Waals surface area contributed by atoms with Gasteiger partial charge < -0.3 is 25.2 Å². The van der Waals surface area contributed by atoms with E-state index in [0.29, 0.717) is 70.8 Å². The van der Waals surface area contributed by atoms with Crippen molar-refractivity contribution in [1.82, 2.24) is 29.4 Å². The van der Waals surface area contributed by atoms with Crippen LogP contribution >= 0.6 is 11.6 Å². The molecule has 1 fully saturated rings. The fraction of sp³-hybridized carbons (Fsp3) is 0.250. The highest BCUT2D eigenvalue weighted by Gasteiger charge is 2.39. The molecule has 2 aliphatic heterocycles. The summed E-state index contributed by atoms with van der Waals surface area (Å²) in [7, 11) is 3.38. The molecule has 3 aromatic heterocycles. The van der Waals surface area contributed by atoms with Gasteiger partial charge in [0.05, 0.1) is 47.6 Å². The lowest BCUT2D eigenvalue weighted by Gasteiger charge is -2.38. The Labute approximate surface area is 263 Å². The van der Waals surface area contributed by atoms with Crippen LogP contribution in [0.25, 0.3) is 16.6 Å². The number of aromatic nitrogens is 5. The number of halogens is 1. The molecule has 2 aromatic carbocycles. The number of fused-ring (bicyclic) bond motifs is 2. The number of benzene rings is 2. The van der Waals surface area contributed by atoms with Gasteiger partial charge in [0, 0.05) is 26.3 Å². The zero-order chi connectivity index (χ0) is 31.2. The molecule has 228 valence electrons.